The molecule has 0 saturated carbocycles. The molecule has 0 saturated heterocycles. The lowest BCUT2D eigenvalue weighted by atomic mass is 10.4. The van der Waals surface area contributed by atoms with Crippen molar-refractivity contribution in [1.29, 1.82) is 0 Å². The quantitative estimate of drug-likeness (QED) is 0.265. The van der Waals surface area contributed by atoms with Gasteiger partial charge in [-0.2, -0.15) is 0 Å². The number of carbonyl (C=O) groups is 1. The molecule has 1 atom stereocenters. The van der Waals surface area contributed by atoms with Crippen molar-refractivity contribution in [2.45, 2.75) is 13.3 Å². The maximum atomic E-state index is 11.9. The average Bonchev–Trinajstić information content (AvgIpc) is 2.35. The van der Waals surface area contributed by atoms with Crippen LogP contribution in [0.4, 0.5) is 8.78 Å². The van der Waals surface area contributed by atoms with Gasteiger partial charge < -0.3 is 14.1 Å². The number of phosphoric acid groups is 1. The van der Waals surface area contributed by atoms with Crippen LogP contribution in [0.5, 0.6) is 0 Å². The molecule has 10 heteroatoms. The third-order valence-electron chi connectivity index (χ3n) is 2.59. The number of rotatable bonds is 11. The van der Waals surface area contributed by atoms with Crippen LogP contribution in [0, 0.1) is 0 Å². The van der Waals surface area contributed by atoms with Gasteiger partial charge in [-0.25, -0.2) is 18.1 Å². The molecule has 0 radical (unpaired) electrons. The van der Waals surface area contributed by atoms with Crippen LogP contribution in [0.25, 0.3) is 0 Å². The van der Waals surface area contributed by atoms with Gasteiger partial charge in [-0.1, -0.05) is 6.58 Å². The number of esters is 1. The van der Waals surface area contributed by atoms with E-state index in [2.05, 4.69) is 15.6 Å². The molecule has 0 aromatic carbocycles. The summed E-state index contributed by atoms with van der Waals surface area (Å²) in [6.45, 7) is 4.54. The van der Waals surface area contributed by atoms with Crippen molar-refractivity contribution in [3.63, 3.8) is 0 Å². The van der Waals surface area contributed by atoms with E-state index < -0.39 is 26.8 Å². The van der Waals surface area contributed by atoms with E-state index >= 15 is 0 Å². The smallest absolute Gasteiger partial charge is 0.456 e. The topological polar surface area (TPSA) is 82.1 Å². The first-order chi connectivity index (χ1) is 9.95. The number of quaternary nitrogens is 1. The molecule has 1 N–H and O–H groups in total. The highest BCUT2D eigenvalue weighted by Gasteiger charge is 2.25. The lowest BCUT2D eigenvalue weighted by Crippen LogP contribution is -2.44. The van der Waals surface area contributed by atoms with Crippen molar-refractivity contribution >= 4 is 13.8 Å². The van der Waals surface area contributed by atoms with Crippen LogP contribution < -0.4 is 0 Å². The number of alkyl halides is 2. The van der Waals surface area contributed by atoms with Crippen molar-refractivity contribution in [2.75, 3.05) is 47.0 Å². The van der Waals surface area contributed by atoms with Gasteiger partial charge in [-0.05, 0) is 6.92 Å². The second kappa shape index (κ2) is 9.32. The highest BCUT2D eigenvalue weighted by molar-refractivity contribution is 7.47. The summed E-state index contributed by atoms with van der Waals surface area (Å²) >= 11 is 0. The second-order valence-electron chi connectivity index (χ2n) is 5.29. The number of nitrogens with zero attached hydrogens (tertiary/aromatic N) is 1. The molecular weight excluding hydrogens is 323 g/mol. The zero-order chi connectivity index (χ0) is 17.4. The number of carbonyl (C=O) groups excluding carboxylic acids is 1. The van der Waals surface area contributed by atoms with E-state index in [-0.39, 0.29) is 13.2 Å². The molecule has 0 spiro atoms. The van der Waals surface area contributed by atoms with Crippen LogP contribution in [0.3, 0.4) is 0 Å². The van der Waals surface area contributed by atoms with Crippen molar-refractivity contribution in [3.05, 3.63) is 12.2 Å². The Bertz CT molecular complexity index is 430. The van der Waals surface area contributed by atoms with E-state index in [9.17, 15) is 18.1 Å². The molecule has 0 heterocycles. The molecule has 0 bridgehead atoms. The average molecular weight is 346 g/mol. The maximum Gasteiger partial charge on any atom is 0.472 e. The Morgan fingerprint density at radius 2 is 1.82 bits per heavy atom. The normalized spacial score (nSPS) is 14.7. The molecule has 7 nitrogen and oxygen atoms in total. The zero-order valence-electron chi connectivity index (χ0n) is 13.0. The Kier molecular flexibility index (Phi) is 8.95. The molecule has 0 fully saturated rings. The minimum absolute atomic E-state index is 0.150. The van der Waals surface area contributed by atoms with Crippen molar-refractivity contribution in [3.8, 4) is 0 Å². The molecule has 0 aliphatic rings. The van der Waals surface area contributed by atoms with E-state index in [0.717, 1.165) is 0 Å². The van der Waals surface area contributed by atoms with E-state index in [1.165, 1.54) is 6.92 Å². The van der Waals surface area contributed by atoms with Crippen LogP contribution in [0.1, 0.15) is 6.92 Å². The van der Waals surface area contributed by atoms with Gasteiger partial charge in [0.05, 0.1) is 14.1 Å². The van der Waals surface area contributed by atoms with Gasteiger partial charge in [0.1, 0.15) is 32.9 Å². The first-order valence-corrected chi connectivity index (χ1v) is 7.99. The first-order valence-electron chi connectivity index (χ1n) is 6.50. The number of ether oxygens (including phenoxy) is 1. The maximum absolute atomic E-state index is 11.9. The molecule has 0 aromatic heterocycles. The monoisotopic (exact) mass is 346 g/mol. The molecule has 0 aliphatic carbocycles. The zero-order valence-corrected chi connectivity index (χ0v) is 13.9. The number of phosphoric ester groups is 1. The molecule has 130 valence electrons. The molecular formula is C12H23F2NO6P+. The van der Waals surface area contributed by atoms with Gasteiger partial charge in [0, 0.05) is 5.57 Å². The fourth-order valence-corrected chi connectivity index (χ4v) is 1.90. The first kappa shape index (κ1) is 21.1. The van der Waals surface area contributed by atoms with Crippen LogP contribution in [0.15, 0.2) is 12.2 Å². The largest absolute Gasteiger partial charge is 0.472 e. The summed E-state index contributed by atoms with van der Waals surface area (Å²) in [6, 6.07) is 0. The summed E-state index contributed by atoms with van der Waals surface area (Å²) < 4.78 is 49.0. The molecule has 0 amide bonds. The van der Waals surface area contributed by atoms with Gasteiger partial charge in [0.25, 0.3) is 6.43 Å². The molecule has 1 unspecified atom stereocenters. The SMILES string of the molecule is C=C(C)C(=O)OCC[N+](C)(C)CCOP(=O)(O)OCC(F)F. The van der Waals surface area contributed by atoms with E-state index in [1.807, 2.05) is 0 Å². The highest BCUT2D eigenvalue weighted by Crippen LogP contribution is 2.43. The van der Waals surface area contributed by atoms with Crippen LogP contribution in [-0.2, 0) is 23.1 Å². The van der Waals surface area contributed by atoms with Gasteiger partial charge in [0.15, 0.2) is 0 Å². The van der Waals surface area contributed by atoms with Gasteiger partial charge in [-0.3, -0.25) is 9.05 Å². The Morgan fingerprint density at radius 3 is 2.32 bits per heavy atom. The predicted molar refractivity (Wildman–Crippen MR) is 75.3 cm³/mol. The molecule has 22 heavy (non-hydrogen) atoms. The summed E-state index contributed by atoms with van der Waals surface area (Å²) in [7, 11) is -0.890. The second-order valence-corrected chi connectivity index (χ2v) is 6.74. The minimum atomic E-state index is -4.47. The summed E-state index contributed by atoms with van der Waals surface area (Å²) in [5.74, 6) is -0.489. The molecule has 0 rings (SSSR count). The van der Waals surface area contributed by atoms with Crippen LogP contribution >= 0.6 is 7.82 Å². The fraction of sp³-hybridized carbons (Fsp3) is 0.750. The number of likely N-dealkylation sites (N-methyl/N-ethyl adjacent to an activating group) is 1. The van der Waals surface area contributed by atoms with Crippen molar-refractivity contribution in [1.82, 2.24) is 0 Å². The minimum Gasteiger partial charge on any atom is -0.456 e. The Morgan fingerprint density at radius 1 is 1.27 bits per heavy atom. The summed E-state index contributed by atoms with van der Waals surface area (Å²) in [6.07, 6.45) is -2.85. The van der Waals surface area contributed by atoms with Crippen molar-refractivity contribution in [2.24, 2.45) is 0 Å². The fourth-order valence-electron chi connectivity index (χ4n) is 1.21. The Labute approximate surface area is 128 Å². The molecule has 0 aliphatic heterocycles. The van der Waals surface area contributed by atoms with Gasteiger partial charge >= 0.3 is 13.8 Å². The van der Waals surface area contributed by atoms with Crippen LogP contribution in [-0.4, -0.2) is 68.8 Å². The predicted octanol–water partition coefficient (Wildman–Crippen LogP) is 1.58. The number of hydrogen-bond acceptors (Lipinski definition) is 5. The third kappa shape index (κ3) is 10.8. The van der Waals surface area contributed by atoms with Crippen molar-refractivity contribution < 1.29 is 41.3 Å². The highest BCUT2D eigenvalue weighted by atomic mass is 31.2. The Balaban J connectivity index is 4.04. The lowest BCUT2D eigenvalue weighted by molar-refractivity contribution is -0.890. The third-order valence-corrected chi connectivity index (χ3v) is 3.58. The lowest BCUT2D eigenvalue weighted by Gasteiger charge is -2.29. The van der Waals surface area contributed by atoms with E-state index in [4.69, 9.17) is 9.63 Å². The summed E-state index contributed by atoms with van der Waals surface area (Å²) in [4.78, 5) is 20.4. The molecule has 0 aromatic rings. The number of hydrogen-bond donors (Lipinski definition) is 1. The van der Waals surface area contributed by atoms with Gasteiger partial charge in [0.2, 0.25) is 0 Å². The van der Waals surface area contributed by atoms with E-state index in [0.29, 0.717) is 23.1 Å². The van der Waals surface area contributed by atoms with E-state index in [1.54, 1.807) is 14.1 Å². The summed E-state index contributed by atoms with van der Waals surface area (Å²) in [5.41, 5.74) is 0.297. The Hall–Kier alpha value is -0.860. The van der Waals surface area contributed by atoms with Gasteiger partial charge in [-0.15, -0.1) is 0 Å². The van der Waals surface area contributed by atoms with Crippen LogP contribution in [0.2, 0.25) is 0 Å². The standard InChI is InChI=1S/C12H22F2NO6P/c1-10(2)12(16)19-7-5-15(3,4)6-8-20-22(17,18)21-9-11(13)14/h11H,1,5-9H2,2-4H3/p+1. The number of halogens is 2. The summed E-state index contributed by atoms with van der Waals surface area (Å²) in [5, 5.41) is 0.